The second-order valence-electron chi connectivity index (χ2n) is 10.8. The van der Waals surface area contributed by atoms with Gasteiger partial charge in [-0.2, -0.15) is 0 Å². The van der Waals surface area contributed by atoms with E-state index >= 15 is 4.39 Å². The van der Waals surface area contributed by atoms with E-state index in [0.29, 0.717) is 10.9 Å². The Kier molecular flexibility index (Phi) is 8.32. The average Bonchev–Trinajstić information content (AvgIpc) is 3.39. The largest absolute Gasteiger partial charge is 0.466 e. The van der Waals surface area contributed by atoms with E-state index < -0.39 is 33.1 Å². The Morgan fingerprint density at radius 1 is 1.07 bits per heavy atom. The lowest BCUT2D eigenvalue weighted by Crippen LogP contribution is -2.34. The van der Waals surface area contributed by atoms with Crippen LogP contribution >= 0.6 is 0 Å². The van der Waals surface area contributed by atoms with Crippen molar-refractivity contribution in [1.29, 1.82) is 0 Å². The van der Waals surface area contributed by atoms with E-state index in [1.807, 2.05) is 32.9 Å². The van der Waals surface area contributed by atoms with Crippen LogP contribution in [0.4, 0.5) is 4.39 Å². The van der Waals surface area contributed by atoms with Gasteiger partial charge in [-0.05, 0) is 50.5 Å². The molecular formula is C31H31FN6O4S. The van der Waals surface area contributed by atoms with Crippen molar-refractivity contribution in [3.05, 3.63) is 96.3 Å². The van der Waals surface area contributed by atoms with E-state index in [2.05, 4.69) is 24.9 Å². The lowest BCUT2D eigenvalue weighted by molar-refractivity contribution is -0.144. The van der Waals surface area contributed by atoms with Gasteiger partial charge in [-0.15, -0.1) is 0 Å². The predicted molar refractivity (Wildman–Crippen MR) is 158 cm³/mol. The van der Waals surface area contributed by atoms with Crippen molar-refractivity contribution >= 4 is 27.0 Å². The van der Waals surface area contributed by atoms with E-state index in [4.69, 9.17) is 4.74 Å². The van der Waals surface area contributed by atoms with Crippen LogP contribution in [0, 0.1) is 18.7 Å². The number of hydrogen-bond donors (Lipinski definition) is 0. The zero-order chi connectivity index (χ0) is 30.8. The molecule has 0 spiro atoms. The first-order chi connectivity index (χ1) is 20.5. The van der Waals surface area contributed by atoms with Gasteiger partial charge in [0.2, 0.25) is 0 Å². The number of esters is 1. The molecule has 1 unspecified atom stereocenters. The van der Waals surface area contributed by atoms with Gasteiger partial charge in [-0.25, -0.2) is 36.7 Å². The molecule has 0 amide bonds. The lowest BCUT2D eigenvalue weighted by Gasteiger charge is -2.33. The minimum atomic E-state index is -4.04. The smallest absolute Gasteiger partial charge is 0.306 e. The number of rotatable bonds is 10. The van der Waals surface area contributed by atoms with Crippen LogP contribution in [-0.4, -0.2) is 49.9 Å². The highest BCUT2D eigenvalue weighted by atomic mass is 32.2. The van der Waals surface area contributed by atoms with E-state index in [-0.39, 0.29) is 41.5 Å². The number of aromatic nitrogens is 6. The lowest BCUT2D eigenvalue weighted by atomic mass is 9.72. The zero-order valence-electron chi connectivity index (χ0n) is 24.2. The van der Waals surface area contributed by atoms with Crippen LogP contribution in [0.3, 0.4) is 0 Å². The minimum absolute atomic E-state index is 0.0120. The molecule has 0 bridgehead atoms. The van der Waals surface area contributed by atoms with Crippen molar-refractivity contribution in [2.75, 3.05) is 6.61 Å². The van der Waals surface area contributed by atoms with Crippen molar-refractivity contribution in [3.63, 3.8) is 0 Å². The first kappa shape index (κ1) is 29.9. The highest BCUT2D eigenvalue weighted by Crippen LogP contribution is 2.36. The summed E-state index contributed by atoms with van der Waals surface area (Å²) in [5, 5.41) is 0.382. The van der Waals surface area contributed by atoms with Crippen LogP contribution in [-0.2, 0) is 31.4 Å². The molecule has 12 heteroatoms. The SMILES string of the molecule is CCOC(=O)CC(Cc1nc(-c2cn(S(=O)(=O)c3ccc(C)cc3)c3ncncc23)ncc1F)C(C)(C)c1ccccn1. The summed E-state index contributed by atoms with van der Waals surface area (Å²) in [5.74, 6) is -1.40. The van der Waals surface area contributed by atoms with Gasteiger partial charge in [-0.3, -0.25) is 9.78 Å². The Morgan fingerprint density at radius 2 is 1.84 bits per heavy atom. The van der Waals surface area contributed by atoms with Crippen LogP contribution < -0.4 is 0 Å². The number of carbonyl (C=O) groups is 1. The van der Waals surface area contributed by atoms with Crippen LogP contribution in [0.5, 0.6) is 0 Å². The fraction of sp³-hybridized carbons (Fsp3) is 0.290. The van der Waals surface area contributed by atoms with Gasteiger partial charge >= 0.3 is 5.97 Å². The maximum absolute atomic E-state index is 15.3. The van der Waals surface area contributed by atoms with Gasteiger partial charge in [-0.1, -0.05) is 37.6 Å². The number of ether oxygens (including phenoxy) is 1. The number of fused-ring (bicyclic) bond motifs is 1. The Morgan fingerprint density at radius 3 is 2.53 bits per heavy atom. The molecule has 0 saturated heterocycles. The standard InChI is InChI=1S/C31H31FN6O4S/c1-5-42-28(39)15-21(31(3,4)27-8-6-7-13-34-27)14-26-25(32)17-35-29(37-26)24-18-38(30-23(24)16-33-19-36-30)43(40,41)22-11-9-20(2)10-12-22/h6-13,16-19,21H,5,14-15H2,1-4H3. The van der Waals surface area contributed by atoms with E-state index in [1.165, 1.54) is 30.9 Å². The maximum atomic E-state index is 15.3. The van der Waals surface area contributed by atoms with E-state index in [1.54, 1.807) is 31.3 Å². The molecule has 0 aliphatic carbocycles. The molecule has 0 saturated carbocycles. The summed E-state index contributed by atoms with van der Waals surface area (Å²) < 4.78 is 48.8. The van der Waals surface area contributed by atoms with Crippen molar-refractivity contribution < 1.29 is 22.3 Å². The summed E-state index contributed by atoms with van der Waals surface area (Å²) in [6.45, 7) is 7.71. The van der Waals surface area contributed by atoms with Crippen LogP contribution in [0.15, 0.2) is 78.5 Å². The Bertz CT molecular complexity index is 1880. The molecule has 43 heavy (non-hydrogen) atoms. The summed E-state index contributed by atoms with van der Waals surface area (Å²) in [4.78, 5) is 34.3. The normalized spacial score (nSPS) is 12.8. The summed E-state index contributed by atoms with van der Waals surface area (Å²) in [5.41, 5.74) is 1.52. The highest BCUT2D eigenvalue weighted by Gasteiger charge is 2.36. The molecule has 5 aromatic rings. The Labute approximate surface area is 249 Å². The average molecular weight is 603 g/mol. The van der Waals surface area contributed by atoms with Crippen LogP contribution in [0.25, 0.3) is 22.4 Å². The van der Waals surface area contributed by atoms with Gasteiger partial charge in [0.05, 0.1) is 23.4 Å². The molecule has 4 aromatic heterocycles. The number of halogens is 1. The summed E-state index contributed by atoms with van der Waals surface area (Å²) in [7, 11) is -4.04. The number of hydrogen-bond acceptors (Lipinski definition) is 9. The van der Waals surface area contributed by atoms with Crippen LogP contribution in [0.2, 0.25) is 0 Å². The molecule has 4 heterocycles. The number of nitrogens with zero attached hydrogens (tertiary/aromatic N) is 6. The first-order valence-electron chi connectivity index (χ1n) is 13.7. The molecule has 0 aliphatic heterocycles. The van der Waals surface area contributed by atoms with Crippen molar-refractivity contribution in [3.8, 4) is 11.4 Å². The molecule has 222 valence electrons. The van der Waals surface area contributed by atoms with Crippen molar-refractivity contribution in [2.24, 2.45) is 5.92 Å². The molecule has 5 rings (SSSR count). The fourth-order valence-corrected chi connectivity index (χ4v) is 6.31. The summed E-state index contributed by atoms with van der Waals surface area (Å²) in [6, 6.07) is 12.0. The molecule has 1 aromatic carbocycles. The molecule has 0 aliphatic rings. The maximum Gasteiger partial charge on any atom is 0.306 e. The topological polar surface area (TPSA) is 130 Å². The number of carbonyl (C=O) groups excluding carboxylic acids is 1. The third-order valence-corrected chi connectivity index (χ3v) is 9.24. The van der Waals surface area contributed by atoms with Crippen LogP contribution in [0.1, 0.15) is 44.1 Å². The summed E-state index contributed by atoms with van der Waals surface area (Å²) in [6.07, 6.45) is 6.90. The van der Waals surface area contributed by atoms with Gasteiger partial charge in [0.25, 0.3) is 10.0 Å². The molecule has 0 radical (unpaired) electrons. The van der Waals surface area contributed by atoms with Crippen molar-refractivity contribution in [1.82, 2.24) is 28.9 Å². The monoisotopic (exact) mass is 602 g/mol. The molecular weight excluding hydrogens is 571 g/mol. The fourth-order valence-electron chi connectivity index (χ4n) is 4.99. The quantitative estimate of drug-likeness (QED) is 0.201. The zero-order valence-corrected chi connectivity index (χ0v) is 25.0. The minimum Gasteiger partial charge on any atom is -0.466 e. The third kappa shape index (κ3) is 6.00. The highest BCUT2D eigenvalue weighted by molar-refractivity contribution is 7.90. The first-order valence-corrected chi connectivity index (χ1v) is 15.2. The molecule has 10 nitrogen and oxygen atoms in total. The number of benzene rings is 1. The second-order valence-corrected chi connectivity index (χ2v) is 12.6. The van der Waals surface area contributed by atoms with Gasteiger partial charge in [0, 0.05) is 47.1 Å². The Hall–Kier alpha value is -4.58. The number of pyridine rings is 1. The second kappa shape index (κ2) is 12.0. The van der Waals surface area contributed by atoms with E-state index in [9.17, 15) is 13.2 Å². The predicted octanol–water partition coefficient (Wildman–Crippen LogP) is 5.06. The van der Waals surface area contributed by atoms with Crippen molar-refractivity contribution in [2.45, 2.75) is 50.8 Å². The van der Waals surface area contributed by atoms with Gasteiger partial charge in [0.15, 0.2) is 17.3 Å². The molecule has 0 N–H and O–H groups in total. The third-order valence-electron chi connectivity index (χ3n) is 7.58. The summed E-state index contributed by atoms with van der Waals surface area (Å²) >= 11 is 0. The van der Waals surface area contributed by atoms with Gasteiger partial charge in [0.1, 0.15) is 6.33 Å². The number of aryl methyl sites for hydroxylation is 1. The Balaban J connectivity index is 1.58. The van der Waals surface area contributed by atoms with E-state index in [0.717, 1.165) is 21.4 Å². The molecule has 1 atom stereocenters. The molecule has 0 fully saturated rings. The van der Waals surface area contributed by atoms with Gasteiger partial charge < -0.3 is 4.74 Å².